The fraction of sp³-hybridized carbons (Fsp3) is 0.0909. The maximum absolute atomic E-state index is 11.4. The molecule has 0 saturated carbocycles. The summed E-state index contributed by atoms with van der Waals surface area (Å²) in [6.45, 7) is 1.82. The minimum atomic E-state index is -1.15. The lowest BCUT2D eigenvalue weighted by molar-refractivity contribution is -0.131. The lowest BCUT2D eigenvalue weighted by Gasteiger charge is -1.99. The highest BCUT2D eigenvalue weighted by molar-refractivity contribution is 6.31. The fourth-order valence-corrected chi connectivity index (χ4v) is 1.17. The number of carbonyl (C=O) groups is 2. The van der Waals surface area contributed by atoms with E-state index in [1.165, 1.54) is 6.07 Å². The number of aliphatic carboxylic acids is 1. The molecule has 1 aromatic carbocycles. The predicted octanol–water partition coefficient (Wildman–Crippen LogP) is 2.47. The molecular formula is C11H9ClO3. The van der Waals surface area contributed by atoms with E-state index in [9.17, 15) is 9.59 Å². The Labute approximate surface area is 92.0 Å². The van der Waals surface area contributed by atoms with Crippen molar-refractivity contribution in [2.24, 2.45) is 0 Å². The third kappa shape index (κ3) is 3.22. The summed E-state index contributed by atoms with van der Waals surface area (Å²) in [5.74, 6) is -1.53. The van der Waals surface area contributed by atoms with Crippen LogP contribution in [0.1, 0.15) is 15.9 Å². The molecule has 78 valence electrons. The molecule has 1 aromatic rings. The quantitative estimate of drug-likeness (QED) is 0.634. The Morgan fingerprint density at radius 2 is 2.00 bits per heavy atom. The van der Waals surface area contributed by atoms with Crippen LogP contribution in [0, 0.1) is 6.92 Å². The molecule has 0 unspecified atom stereocenters. The minimum Gasteiger partial charge on any atom is -0.478 e. The van der Waals surface area contributed by atoms with Gasteiger partial charge in [-0.2, -0.15) is 0 Å². The molecule has 0 heterocycles. The monoisotopic (exact) mass is 224 g/mol. The smallest absolute Gasteiger partial charge is 0.328 e. The van der Waals surface area contributed by atoms with Gasteiger partial charge in [0.1, 0.15) is 0 Å². The van der Waals surface area contributed by atoms with E-state index in [1.807, 2.05) is 6.92 Å². The molecule has 0 aromatic heterocycles. The fourth-order valence-electron chi connectivity index (χ4n) is 0.989. The zero-order valence-corrected chi connectivity index (χ0v) is 8.78. The van der Waals surface area contributed by atoms with Crippen molar-refractivity contribution in [1.82, 2.24) is 0 Å². The van der Waals surface area contributed by atoms with E-state index in [1.54, 1.807) is 12.1 Å². The Bertz CT molecular complexity index is 435. The SMILES string of the molecule is Cc1ccc(C(=O)C=CC(=O)O)cc1Cl. The number of aryl methyl sites for hydroxylation is 1. The number of carbonyl (C=O) groups excluding carboxylic acids is 1. The molecule has 3 nitrogen and oxygen atoms in total. The van der Waals surface area contributed by atoms with Crippen LogP contribution in [-0.4, -0.2) is 16.9 Å². The van der Waals surface area contributed by atoms with Crippen molar-refractivity contribution in [1.29, 1.82) is 0 Å². The van der Waals surface area contributed by atoms with Crippen LogP contribution in [0.5, 0.6) is 0 Å². The lowest BCUT2D eigenvalue weighted by Crippen LogP contribution is -1.97. The average molecular weight is 225 g/mol. The van der Waals surface area contributed by atoms with Crippen LogP contribution in [0.3, 0.4) is 0 Å². The van der Waals surface area contributed by atoms with Gasteiger partial charge in [-0.1, -0.05) is 23.7 Å². The Hall–Kier alpha value is -1.61. The molecule has 0 fully saturated rings. The van der Waals surface area contributed by atoms with Crippen LogP contribution in [0.2, 0.25) is 5.02 Å². The Morgan fingerprint density at radius 1 is 1.33 bits per heavy atom. The summed E-state index contributed by atoms with van der Waals surface area (Å²) in [6.07, 6.45) is 1.80. The van der Waals surface area contributed by atoms with Gasteiger partial charge in [-0.05, 0) is 24.6 Å². The van der Waals surface area contributed by atoms with Crippen molar-refractivity contribution in [3.05, 3.63) is 46.5 Å². The molecule has 0 saturated heterocycles. The second-order valence-corrected chi connectivity index (χ2v) is 3.41. The number of rotatable bonds is 3. The van der Waals surface area contributed by atoms with Crippen molar-refractivity contribution in [2.45, 2.75) is 6.92 Å². The van der Waals surface area contributed by atoms with Crippen LogP contribution in [0.25, 0.3) is 0 Å². The molecule has 1 N–H and O–H groups in total. The van der Waals surface area contributed by atoms with E-state index in [0.29, 0.717) is 10.6 Å². The molecule has 4 heteroatoms. The molecule has 0 aliphatic heterocycles. The third-order valence-electron chi connectivity index (χ3n) is 1.83. The van der Waals surface area contributed by atoms with Gasteiger partial charge in [0, 0.05) is 16.7 Å². The predicted molar refractivity (Wildman–Crippen MR) is 57.3 cm³/mol. The van der Waals surface area contributed by atoms with Gasteiger partial charge in [-0.25, -0.2) is 4.79 Å². The zero-order chi connectivity index (χ0) is 11.4. The van der Waals surface area contributed by atoms with Crippen LogP contribution in [0.15, 0.2) is 30.4 Å². The molecule has 0 radical (unpaired) electrons. The first-order chi connectivity index (χ1) is 7.00. The van der Waals surface area contributed by atoms with Gasteiger partial charge in [-0.3, -0.25) is 4.79 Å². The van der Waals surface area contributed by atoms with Crippen LogP contribution in [0.4, 0.5) is 0 Å². The summed E-state index contributed by atoms with van der Waals surface area (Å²) < 4.78 is 0. The number of hydrogen-bond acceptors (Lipinski definition) is 2. The third-order valence-corrected chi connectivity index (χ3v) is 2.24. The second kappa shape index (κ2) is 4.75. The molecule has 0 aliphatic rings. The first-order valence-electron chi connectivity index (χ1n) is 4.22. The summed E-state index contributed by atoms with van der Waals surface area (Å²) in [7, 11) is 0. The Morgan fingerprint density at radius 3 is 2.53 bits per heavy atom. The van der Waals surface area contributed by atoms with E-state index >= 15 is 0 Å². The lowest BCUT2D eigenvalue weighted by atomic mass is 10.1. The van der Waals surface area contributed by atoms with Crippen molar-refractivity contribution in [3.8, 4) is 0 Å². The van der Waals surface area contributed by atoms with Gasteiger partial charge in [0.15, 0.2) is 5.78 Å². The van der Waals surface area contributed by atoms with Gasteiger partial charge >= 0.3 is 5.97 Å². The van der Waals surface area contributed by atoms with E-state index < -0.39 is 5.97 Å². The molecule has 0 amide bonds. The second-order valence-electron chi connectivity index (χ2n) is 3.00. The highest BCUT2D eigenvalue weighted by Gasteiger charge is 2.04. The van der Waals surface area contributed by atoms with Crippen molar-refractivity contribution in [2.75, 3.05) is 0 Å². The normalized spacial score (nSPS) is 10.5. The number of hydrogen-bond donors (Lipinski definition) is 1. The number of ketones is 1. The number of carboxylic acid groups (broad SMARTS) is 1. The van der Waals surface area contributed by atoms with Crippen LogP contribution >= 0.6 is 11.6 Å². The summed E-state index contributed by atoms with van der Waals surface area (Å²) in [4.78, 5) is 21.6. The van der Waals surface area contributed by atoms with Crippen LogP contribution in [-0.2, 0) is 4.79 Å². The van der Waals surface area contributed by atoms with Crippen molar-refractivity contribution >= 4 is 23.4 Å². The van der Waals surface area contributed by atoms with Gasteiger partial charge < -0.3 is 5.11 Å². The highest BCUT2D eigenvalue weighted by atomic mass is 35.5. The molecule has 0 aliphatic carbocycles. The Balaban J connectivity index is 2.92. The largest absolute Gasteiger partial charge is 0.478 e. The number of halogens is 1. The van der Waals surface area contributed by atoms with Crippen molar-refractivity contribution in [3.63, 3.8) is 0 Å². The topological polar surface area (TPSA) is 54.4 Å². The maximum atomic E-state index is 11.4. The van der Waals surface area contributed by atoms with Crippen LogP contribution < -0.4 is 0 Å². The summed E-state index contributed by atoms with van der Waals surface area (Å²) in [5, 5.41) is 8.83. The molecular weight excluding hydrogens is 216 g/mol. The number of benzene rings is 1. The van der Waals surface area contributed by atoms with E-state index in [-0.39, 0.29) is 5.78 Å². The van der Waals surface area contributed by atoms with Gasteiger partial charge in [-0.15, -0.1) is 0 Å². The van der Waals surface area contributed by atoms with E-state index in [4.69, 9.17) is 16.7 Å². The molecule has 1 rings (SSSR count). The summed E-state index contributed by atoms with van der Waals surface area (Å²) >= 11 is 5.83. The average Bonchev–Trinajstić information content (AvgIpc) is 2.18. The molecule has 0 bridgehead atoms. The van der Waals surface area contributed by atoms with Crippen molar-refractivity contribution < 1.29 is 14.7 Å². The first-order valence-corrected chi connectivity index (χ1v) is 4.60. The molecule has 0 spiro atoms. The number of carboxylic acids is 1. The van der Waals surface area contributed by atoms with Gasteiger partial charge in [0.25, 0.3) is 0 Å². The van der Waals surface area contributed by atoms with E-state index in [2.05, 4.69) is 0 Å². The standard InChI is InChI=1S/C11H9ClO3/c1-7-2-3-8(6-9(7)12)10(13)4-5-11(14)15/h2-6H,1H3,(H,14,15). The zero-order valence-electron chi connectivity index (χ0n) is 8.03. The minimum absolute atomic E-state index is 0.376. The highest BCUT2D eigenvalue weighted by Crippen LogP contribution is 2.17. The molecule has 15 heavy (non-hydrogen) atoms. The summed E-state index contributed by atoms with van der Waals surface area (Å²) in [5.41, 5.74) is 1.25. The Kier molecular flexibility index (Phi) is 3.63. The van der Waals surface area contributed by atoms with E-state index in [0.717, 1.165) is 17.7 Å². The summed E-state index contributed by atoms with van der Waals surface area (Å²) in [6, 6.07) is 4.84. The van der Waals surface area contributed by atoms with Gasteiger partial charge in [0.05, 0.1) is 0 Å². The van der Waals surface area contributed by atoms with Gasteiger partial charge in [0.2, 0.25) is 0 Å². The number of allylic oxidation sites excluding steroid dienone is 1. The first kappa shape index (κ1) is 11.5. The maximum Gasteiger partial charge on any atom is 0.328 e. The molecule has 0 atom stereocenters.